The summed E-state index contributed by atoms with van der Waals surface area (Å²) in [5.74, 6) is -3.48. The van der Waals surface area contributed by atoms with Crippen LogP contribution in [0.5, 0.6) is 17.2 Å². The van der Waals surface area contributed by atoms with E-state index in [-0.39, 0.29) is 29.6 Å². The van der Waals surface area contributed by atoms with E-state index in [9.17, 15) is 23.6 Å². The number of carbonyl (C=O) groups is 4. The van der Waals surface area contributed by atoms with Crippen LogP contribution < -0.4 is 14.2 Å². The molecule has 8 nitrogen and oxygen atoms in total. The summed E-state index contributed by atoms with van der Waals surface area (Å²) < 4.78 is 33.8. The quantitative estimate of drug-likeness (QED) is 0.0908. The highest BCUT2D eigenvalue weighted by Gasteiger charge is 2.21. The van der Waals surface area contributed by atoms with Crippen LogP contribution in [0.1, 0.15) is 48.9 Å². The molecule has 0 amide bonds. The summed E-state index contributed by atoms with van der Waals surface area (Å²) in [7, 11) is 0. The molecule has 4 aromatic rings. The summed E-state index contributed by atoms with van der Waals surface area (Å²) >= 11 is 0. The second kappa shape index (κ2) is 15.6. The van der Waals surface area contributed by atoms with Crippen LogP contribution in [-0.2, 0) is 19.1 Å². The number of carbonyl (C=O) groups excluding carboxylic acids is 4. The van der Waals surface area contributed by atoms with Gasteiger partial charge in [0.15, 0.2) is 0 Å². The molecule has 0 atom stereocenters. The molecule has 0 N–H and O–H groups in total. The Morgan fingerprint density at radius 1 is 0.583 bits per heavy atom. The van der Waals surface area contributed by atoms with Crippen LogP contribution in [-0.4, -0.2) is 30.0 Å². The van der Waals surface area contributed by atoms with Crippen LogP contribution in [0.25, 0.3) is 22.3 Å². The summed E-state index contributed by atoms with van der Waals surface area (Å²) in [5.41, 5.74) is 4.06. The lowest BCUT2D eigenvalue weighted by Gasteiger charge is -2.21. The monoisotopic (exact) mass is 648 g/mol. The molecule has 5 rings (SSSR count). The molecular weight excluding hydrogens is 615 g/mol. The van der Waals surface area contributed by atoms with Crippen molar-refractivity contribution in [3.8, 4) is 39.5 Å². The van der Waals surface area contributed by atoms with Gasteiger partial charge in [-0.05, 0) is 96.5 Å². The largest absolute Gasteiger partial charge is 0.462 e. The van der Waals surface area contributed by atoms with E-state index in [2.05, 4.69) is 13.2 Å². The van der Waals surface area contributed by atoms with Gasteiger partial charge in [0.05, 0.1) is 12.0 Å². The van der Waals surface area contributed by atoms with Crippen molar-refractivity contribution in [3.63, 3.8) is 0 Å². The second-order valence-corrected chi connectivity index (χ2v) is 11.3. The third-order valence-corrected chi connectivity index (χ3v) is 7.70. The maximum Gasteiger partial charge on any atom is 0.371 e. The van der Waals surface area contributed by atoms with Gasteiger partial charge in [0.25, 0.3) is 0 Å². The van der Waals surface area contributed by atoms with E-state index in [1.165, 1.54) is 24.3 Å². The number of rotatable bonds is 11. The third-order valence-electron chi connectivity index (χ3n) is 7.70. The Bertz CT molecular complexity index is 1800. The van der Waals surface area contributed by atoms with Crippen LogP contribution in [0.15, 0.2) is 122 Å². The molecule has 48 heavy (non-hydrogen) atoms. The lowest BCUT2D eigenvalue weighted by molar-refractivity contribution is -0.150. The topological polar surface area (TPSA) is 105 Å². The van der Waals surface area contributed by atoms with Crippen molar-refractivity contribution in [2.45, 2.75) is 44.6 Å². The molecule has 1 saturated carbocycles. The van der Waals surface area contributed by atoms with Gasteiger partial charge in [0, 0.05) is 5.57 Å². The standard InChI is InChI=1S/C39H33FO8/c1-25(24-36(41)45-32-6-4-3-5-7-32)37(42)46-33-18-16-30(17-19-33)28-10-8-27(9-11-28)29-12-14-31(15-13-29)39(44)48-35-22-20-34(21-23-35)47-38(43)26(2)40/h8-23,32H,1-7,24H2. The van der Waals surface area contributed by atoms with Crippen LogP contribution >= 0.6 is 0 Å². The van der Waals surface area contributed by atoms with Gasteiger partial charge in [-0.15, -0.1) is 0 Å². The minimum absolute atomic E-state index is 0.0417. The van der Waals surface area contributed by atoms with Crippen molar-refractivity contribution in [2.75, 3.05) is 0 Å². The molecule has 0 unspecified atom stereocenters. The molecule has 0 radical (unpaired) electrons. The molecule has 0 aliphatic heterocycles. The zero-order valence-electron chi connectivity index (χ0n) is 26.1. The highest BCUT2D eigenvalue weighted by Crippen LogP contribution is 2.28. The van der Waals surface area contributed by atoms with Crippen molar-refractivity contribution < 1.29 is 42.5 Å². The van der Waals surface area contributed by atoms with E-state index in [0.29, 0.717) is 11.3 Å². The van der Waals surface area contributed by atoms with E-state index in [1.54, 1.807) is 24.3 Å². The number of hydrogen-bond donors (Lipinski definition) is 0. The molecule has 0 spiro atoms. The summed E-state index contributed by atoms with van der Waals surface area (Å²) in [6.45, 7) is 6.58. The number of esters is 4. The average Bonchev–Trinajstić information content (AvgIpc) is 3.10. The number of benzene rings is 4. The maximum atomic E-state index is 12.8. The molecular formula is C39H33FO8. The SMILES string of the molecule is C=C(F)C(=O)Oc1ccc(OC(=O)c2ccc(-c3ccc(-c4ccc(OC(=O)C(=C)CC(=O)OC5CCCCC5)cc4)cc3)cc2)cc1. The van der Waals surface area contributed by atoms with Gasteiger partial charge in [-0.1, -0.05) is 68.1 Å². The highest BCUT2D eigenvalue weighted by atomic mass is 19.1. The van der Waals surface area contributed by atoms with E-state index in [4.69, 9.17) is 18.9 Å². The van der Waals surface area contributed by atoms with Crippen LogP contribution in [0.2, 0.25) is 0 Å². The molecule has 4 aromatic carbocycles. The molecule has 0 bridgehead atoms. The van der Waals surface area contributed by atoms with E-state index in [1.807, 2.05) is 48.5 Å². The van der Waals surface area contributed by atoms with Crippen molar-refractivity contribution in [2.24, 2.45) is 0 Å². The first-order chi connectivity index (χ1) is 23.1. The molecule has 0 aromatic heterocycles. The van der Waals surface area contributed by atoms with E-state index in [0.717, 1.165) is 54.4 Å². The zero-order chi connectivity index (χ0) is 34.0. The Kier molecular flexibility index (Phi) is 10.9. The van der Waals surface area contributed by atoms with Gasteiger partial charge in [-0.25, -0.2) is 14.4 Å². The maximum absolute atomic E-state index is 12.8. The van der Waals surface area contributed by atoms with Gasteiger partial charge in [0.2, 0.25) is 5.83 Å². The Balaban J connectivity index is 1.12. The lowest BCUT2D eigenvalue weighted by atomic mass is 9.98. The van der Waals surface area contributed by atoms with E-state index >= 15 is 0 Å². The molecule has 0 heterocycles. The predicted octanol–water partition coefficient (Wildman–Crippen LogP) is 8.36. The number of halogens is 1. The van der Waals surface area contributed by atoms with Crippen molar-refractivity contribution in [1.29, 1.82) is 0 Å². The summed E-state index contributed by atoms with van der Waals surface area (Å²) in [5, 5.41) is 0. The van der Waals surface area contributed by atoms with E-state index < -0.39 is 29.7 Å². The van der Waals surface area contributed by atoms with Crippen molar-refractivity contribution in [1.82, 2.24) is 0 Å². The van der Waals surface area contributed by atoms with Gasteiger partial charge >= 0.3 is 23.9 Å². The normalized spacial score (nSPS) is 12.8. The number of ether oxygens (including phenoxy) is 4. The molecule has 244 valence electrons. The molecule has 1 aliphatic rings. The van der Waals surface area contributed by atoms with Crippen LogP contribution in [0.4, 0.5) is 4.39 Å². The Labute approximate surface area is 277 Å². The van der Waals surface area contributed by atoms with Gasteiger partial charge < -0.3 is 18.9 Å². The smallest absolute Gasteiger partial charge is 0.371 e. The minimum atomic E-state index is -1.22. The number of hydrogen-bond acceptors (Lipinski definition) is 8. The fourth-order valence-corrected chi connectivity index (χ4v) is 5.11. The summed E-state index contributed by atoms with van der Waals surface area (Å²) in [4.78, 5) is 48.6. The van der Waals surface area contributed by atoms with Gasteiger partial charge in [-0.2, -0.15) is 4.39 Å². The molecule has 1 fully saturated rings. The molecule has 0 saturated heterocycles. The molecule has 9 heteroatoms. The zero-order valence-corrected chi connectivity index (χ0v) is 26.1. The first kappa shape index (κ1) is 33.5. The Morgan fingerprint density at radius 3 is 1.50 bits per heavy atom. The second-order valence-electron chi connectivity index (χ2n) is 11.3. The lowest BCUT2D eigenvalue weighted by Crippen LogP contribution is -2.22. The fourth-order valence-electron chi connectivity index (χ4n) is 5.11. The average molecular weight is 649 g/mol. The van der Waals surface area contributed by atoms with Gasteiger partial charge in [0.1, 0.15) is 23.4 Å². The Hall–Kier alpha value is -5.83. The first-order valence-electron chi connectivity index (χ1n) is 15.4. The third kappa shape index (κ3) is 9.13. The predicted molar refractivity (Wildman–Crippen MR) is 177 cm³/mol. The summed E-state index contributed by atoms with van der Waals surface area (Å²) in [6.07, 6.45) is 4.66. The van der Waals surface area contributed by atoms with Crippen molar-refractivity contribution >= 4 is 23.9 Å². The summed E-state index contributed by atoms with van der Waals surface area (Å²) in [6, 6.07) is 27.4. The first-order valence-corrected chi connectivity index (χ1v) is 15.4. The minimum Gasteiger partial charge on any atom is -0.462 e. The Morgan fingerprint density at radius 2 is 1.00 bits per heavy atom. The van der Waals surface area contributed by atoms with Crippen LogP contribution in [0.3, 0.4) is 0 Å². The molecule has 1 aliphatic carbocycles. The van der Waals surface area contributed by atoms with Gasteiger partial charge in [-0.3, -0.25) is 4.79 Å². The van der Waals surface area contributed by atoms with Crippen LogP contribution in [0, 0.1) is 0 Å². The van der Waals surface area contributed by atoms with Crippen molar-refractivity contribution in [3.05, 3.63) is 127 Å². The highest BCUT2D eigenvalue weighted by molar-refractivity contribution is 5.94. The fraction of sp³-hybridized carbons (Fsp3) is 0.179.